The molecule has 0 N–H and O–H groups in total. The molecule has 0 bridgehead atoms. The fourth-order valence-electron chi connectivity index (χ4n) is 0.918. The first-order valence-electron chi connectivity index (χ1n) is 3.33. The normalized spacial score (nSPS) is 10.0. The molecule has 1 aromatic rings. The minimum Gasteiger partial charge on any atom is -0.206 e. The number of hydrogen-bond acceptors (Lipinski definition) is 0. The highest BCUT2D eigenvalue weighted by atomic mass is 19.2. The van der Waals surface area contributed by atoms with Crippen LogP contribution in [0, 0.1) is 17.5 Å². The highest BCUT2D eigenvalue weighted by molar-refractivity contribution is 5.62. The smallest absolute Gasteiger partial charge is 0.169 e. The van der Waals surface area contributed by atoms with E-state index in [0.29, 0.717) is 0 Å². The maximum absolute atomic E-state index is 12.8. The van der Waals surface area contributed by atoms with Crippen LogP contribution in [0.3, 0.4) is 0 Å². The lowest BCUT2D eigenvalue weighted by molar-refractivity contribution is 0.491. The van der Waals surface area contributed by atoms with Crippen LogP contribution in [-0.2, 0) is 0 Å². The van der Waals surface area contributed by atoms with Crippen molar-refractivity contribution in [1.82, 2.24) is 0 Å². The van der Waals surface area contributed by atoms with Gasteiger partial charge in [0.05, 0.1) is 5.56 Å². The number of hydrogen-bond donors (Lipinski definition) is 0. The summed E-state index contributed by atoms with van der Waals surface area (Å²) in [5, 5.41) is 0. The Bertz CT molecular complexity index is 329. The SMILES string of the molecule is C=C(C)c1c(F)ccc(F)c1F. The van der Waals surface area contributed by atoms with Crippen LogP contribution in [0.25, 0.3) is 5.57 Å². The molecule has 0 fully saturated rings. The Kier molecular flexibility index (Phi) is 2.22. The van der Waals surface area contributed by atoms with E-state index in [9.17, 15) is 13.2 Å². The van der Waals surface area contributed by atoms with Crippen molar-refractivity contribution in [3.63, 3.8) is 0 Å². The van der Waals surface area contributed by atoms with Crippen LogP contribution in [0.15, 0.2) is 18.7 Å². The van der Waals surface area contributed by atoms with Crippen molar-refractivity contribution in [2.75, 3.05) is 0 Å². The topological polar surface area (TPSA) is 0 Å². The molecule has 1 aromatic carbocycles. The molecule has 0 aliphatic carbocycles. The lowest BCUT2D eigenvalue weighted by Gasteiger charge is -2.03. The Balaban J connectivity index is 3.43. The first-order valence-corrected chi connectivity index (χ1v) is 3.33. The van der Waals surface area contributed by atoms with Gasteiger partial charge in [-0.1, -0.05) is 6.58 Å². The van der Waals surface area contributed by atoms with Crippen molar-refractivity contribution in [3.8, 4) is 0 Å². The molecule has 0 unspecified atom stereocenters. The van der Waals surface area contributed by atoms with Gasteiger partial charge in [0.25, 0.3) is 0 Å². The second-order valence-corrected chi connectivity index (χ2v) is 2.50. The van der Waals surface area contributed by atoms with Crippen molar-refractivity contribution in [3.05, 3.63) is 41.7 Å². The zero-order valence-corrected chi connectivity index (χ0v) is 6.50. The van der Waals surface area contributed by atoms with Gasteiger partial charge in [0, 0.05) is 0 Å². The van der Waals surface area contributed by atoms with Crippen LogP contribution < -0.4 is 0 Å². The van der Waals surface area contributed by atoms with Gasteiger partial charge in [0.15, 0.2) is 11.6 Å². The fourth-order valence-corrected chi connectivity index (χ4v) is 0.918. The van der Waals surface area contributed by atoms with E-state index in [1.54, 1.807) is 0 Å². The third-order valence-corrected chi connectivity index (χ3v) is 1.47. The van der Waals surface area contributed by atoms with E-state index in [4.69, 9.17) is 0 Å². The number of allylic oxidation sites excluding steroid dienone is 1. The van der Waals surface area contributed by atoms with E-state index in [2.05, 4.69) is 6.58 Å². The van der Waals surface area contributed by atoms with Gasteiger partial charge in [-0.2, -0.15) is 0 Å². The molecule has 1 rings (SSSR count). The maximum atomic E-state index is 12.8. The van der Waals surface area contributed by atoms with E-state index in [0.717, 1.165) is 12.1 Å². The molecule has 3 heteroatoms. The van der Waals surface area contributed by atoms with Crippen molar-refractivity contribution < 1.29 is 13.2 Å². The minimum atomic E-state index is -1.18. The average molecular weight is 172 g/mol. The van der Waals surface area contributed by atoms with E-state index >= 15 is 0 Å². The largest absolute Gasteiger partial charge is 0.206 e. The molecule has 0 saturated heterocycles. The van der Waals surface area contributed by atoms with Crippen LogP contribution in [0.4, 0.5) is 13.2 Å². The van der Waals surface area contributed by atoms with Crippen molar-refractivity contribution in [1.29, 1.82) is 0 Å². The summed E-state index contributed by atoms with van der Waals surface area (Å²) in [6.45, 7) is 4.76. The third kappa shape index (κ3) is 1.35. The summed E-state index contributed by atoms with van der Waals surface area (Å²) in [5.74, 6) is -3.03. The summed E-state index contributed by atoms with van der Waals surface area (Å²) in [7, 11) is 0. The summed E-state index contributed by atoms with van der Waals surface area (Å²) in [6.07, 6.45) is 0. The third-order valence-electron chi connectivity index (χ3n) is 1.47. The molecule has 0 aliphatic heterocycles. The highest BCUT2D eigenvalue weighted by Gasteiger charge is 2.13. The second kappa shape index (κ2) is 3.01. The second-order valence-electron chi connectivity index (χ2n) is 2.50. The first-order chi connectivity index (χ1) is 5.54. The Morgan fingerprint density at radius 1 is 1.17 bits per heavy atom. The summed E-state index contributed by atoms with van der Waals surface area (Å²) in [4.78, 5) is 0. The van der Waals surface area contributed by atoms with Gasteiger partial charge in [-0.05, 0) is 24.6 Å². The summed E-state index contributed by atoms with van der Waals surface area (Å²) in [6, 6.07) is 1.62. The van der Waals surface area contributed by atoms with Gasteiger partial charge in [-0.15, -0.1) is 0 Å². The predicted octanol–water partition coefficient (Wildman–Crippen LogP) is 3.14. The first kappa shape index (κ1) is 8.84. The van der Waals surface area contributed by atoms with Crippen LogP contribution in [0.2, 0.25) is 0 Å². The lowest BCUT2D eigenvalue weighted by atomic mass is 10.1. The van der Waals surface area contributed by atoms with E-state index < -0.39 is 17.5 Å². The van der Waals surface area contributed by atoms with Gasteiger partial charge in [0.2, 0.25) is 0 Å². The molecular formula is C9H7F3. The highest BCUT2D eigenvalue weighted by Crippen LogP contribution is 2.21. The summed E-state index contributed by atoms with van der Waals surface area (Å²) >= 11 is 0. The molecule has 12 heavy (non-hydrogen) atoms. The number of benzene rings is 1. The minimum absolute atomic E-state index is 0.171. The fraction of sp³-hybridized carbons (Fsp3) is 0.111. The van der Waals surface area contributed by atoms with Gasteiger partial charge < -0.3 is 0 Å². The molecule has 0 aliphatic rings. The molecular weight excluding hydrogens is 165 g/mol. The quantitative estimate of drug-likeness (QED) is 0.571. The standard InChI is InChI=1S/C9H7F3/c1-5(2)8-6(10)3-4-7(11)9(8)12/h3-4H,1H2,2H3. The zero-order valence-electron chi connectivity index (χ0n) is 6.50. The van der Waals surface area contributed by atoms with E-state index in [1.165, 1.54) is 6.92 Å². The van der Waals surface area contributed by atoms with Crippen LogP contribution in [0.5, 0.6) is 0 Å². The maximum Gasteiger partial charge on any atom is 0.169 e. The Morgan fingerprint density at radius 3 is 2.08 bits per heavy atom. The van der Waals surface area contributed by atoms with Gasteiger partial charge in [0.1, 0.15) is 5.82 Å². The molecule has 0 aromatic heterocycles. The molecule has 0 heterocycles. The van der Waals surface area contributed by atoms with Crippen molar-refractivity contribution in [2.45, 2.75) is 6.92 Å². The summed E-state index contributed by atoms with van der Waals surface area (Å²) < 4.78 is 38.2. The Labute approximate surface area is 68.3 Å². The van der Waals surface area contributed by atoms with Gasteiger partial charge in [-0.25, -0.2) is 13.2 Å². The monoisotopic (exact) mass is 172 g/mol. The van der Waals surface area contributed by atoms with Crippen LogP contribution >= 0.6 is 0 Å². The van der Waals surface area contributed by atoms with Crippen molar-refractivity contribution >= 4 is 5.57 Å². The molecule has 0 amide bonds. The Hall–Kier alpha value is -1.25. The molecule has 64 valence electrons. The average Bonchev–Trinajstić information content (AvgIpc) is 1.97. The van der Waals surface area contributed by atoms with E-state index in [1.807, 2.05) is 0 Å². The molecule has 0 radical (unpaired) electrons. The molecule has 0 nitrogen and oxygen atoms in total. The van der Waals surface area contributed by atoms with Crippen LogP contribution in [0.1, 0.15) is 12.5 Å². The molecule has 0 saturated carbocycles. The van der Waals surface area contributed by atoms with Gasteiger partial charge >= 0.3 is 0 Å². The number of halogens is 3. The van der Waals surface area contributed by atoms with E-state index in [-0.39, 0.29) is 11.1 Å². The Morgan fingerprint density at radius 2 is 1.67 bits per heavy atom. The summed E-state index contributed by atoms with van der Waals surface area (Å²) in [5.41, 5.74) is -0.209. The predicted molar refractivity (Wildman–Crippen MR) is 41.0 cm³/mol. The zero-order chi connectivity index (χ0) is 9.30. The van der Waals surface area contributed by atoms with Crippen molar-refractivity contribution in [2.24, 2.45) is 0 Å². The van der Waals surface area contributed by atoms with Gasteiger partial charge in [-0.3, -0.25) is 0 Å². The molecule has 0 spiro atoms. The van der Waals surface area contributed by atoms with Crippen LogP contribution in [-0.4, -0.2) is 0 Å². The lowest BCUT2D eigenvalue weighted by Crippen LogP contribution is -1.95. The number of rotatable bonds is 1. The molecule has 0 atom stereocenters.